The number of hydrogen-bond acceptors (Lipinski definition) is 1. The Balaban J connectivity index is 2.30. The first kappa shape index (κ1) is 14.0. The van der Waals surface area contributed by atoms with Gasteiger partial charge in [0.2, 0.25) is 0 Å². The van der Waals surface area contributed by atoms with Crippen LogP contribution in [0.5, 0.6) is 0 Å². The zero-order valence-electron chi connectivity index (χ0n) is 10.5. The Kier molecular flexibility index (Phi) is 3.88. The van der Waals surface area contributed by atoms with Crippen LogP contribution in [0.1, 0.15) is 18.1 Å². The van der Waals surface area contributed by atoms with Crippen LogP contribution in [0.3, 0.4) is 0 Å². The molecule has 100 valence electrons. The molecule has 0 aliphatic rings. The van der Waals surface area contributed by atoms with Crippen molar-refractivity contribution < 1.29 is 8.78 Å². The first-order valence-electron chi connectivity index (χ1n) is 5.87. The van der Waals surface area contributed by atoms with E-state index in [1.54, 1.807) is 25.1 Å². The van der Waals surface area contributed by atoms with Crippen LogP contribution < -0.4 is 5.73 Å². The Morgan fingerprint density at radius 2 is 1.89 bits per heavy atom. The molecule has 0 heterocycles. The number of rotatable bonds is 3. The summed E-state index contributed by atoms with van der Waals surface area (Å²) in [4.78, 5) is 0. The summed E-state index contributed by atoms with van der Waals surface area (Å²) in [6.45, 7) is 1.79. The van der Waals surface area contributed by atoms with Gasteiger partial charge in [0, 0.05) is 16.6 Å². The van der Waals surface area contributed by atoms with Crippen molar-refractivity contribution in [3.63, 3.8) is 0 Å². The minimum atomic E-state index is -0.774. The van der Waals surface area contributed by atoms with Gasteiger partial charge in [0.25, 0.3) is 0 Å². The number of nitrogens with two attached hydrogens (primary N) is 1. The lowest BCUT2D eigenvalue weighted by Crippen LogP contribution is -2.35. The summed E-state index contributed by atoms with van der Waals surface area (Å²) in [7, 11) is 0. The van der Waals surface area contributed by atoms with Gasteiger partial charge < -0.3 is 5.73 Å². The van der Waals surface area contributed by atoms with E-state index in [9.17, 15) is 8.78 Å². The monoisotopic (exact) mass is 281 g/mol. The molecule has 19 heavy (non-hydrogen) atoms. The molecule has 0 radical (unpaired) electrons. The minimum Gasteiger partial charge on any atom is -0.321 e. The maximum atomic E-state index is 13.7. The van der Waals surface area contributed by atoms with Crippen LogP contribution in [0.25, 0.3) is 0 Å². The molecular weight excluding hydrogens is 268 g/mol. The zero-order chi connectivity index (χ0) is 14.0. The highest BCUT2D eigenvalue weighted by molar-refractivity contribution is 6.30. The molecule has 2 aromatic carbocycles. The van der Waals surface area contributed by atoms with Crippen LogP contribution in [0.2, 0.25) is 5.02 Å². The van der Waals surface area contributed by atoms with Crippen molar-refractivity contribution in [2.45, 2.75) is 18.9 Å². The van der Waals surface area contributed by atoms with Gasteiger partial charge in [0.05, 0.1) is 0 Å². The Hall–Kier alpha value is -1.45. The Bertz CT molecular complexity index is 596. The molecule has 0 saturated heterocycles. The topological polar surface area (TPSA) is 26.0 Å². The van der Waals surface area contributed by atoms with Gasteiger partial charge in [-0.25, -0.2) is 8.78 Å². The lowest BCUT2D eigenvalue weighted by molar-refractivity contribution is 0.472. The molecule has 0 aliphatic heterocycles. The summed E-state index contributed by atoms with van der Waals surface area (Å²) < 4.78 is 26.5. The largest absolute Gasteiger partial charge is 0.321 e. The Morgan fingerprint density at radius 1 is 1.16 bits per heavy atom. The van der Waals surface area contributed by atoms with Gasteiger partial charge in [0.1, 0.15) is 11.6 Å². The molecule has 4 heteroatoms. The summed E-state index contributed by atoms with van der Waals surface area (Å²) >= 11 is 5.93. The Labute approximate surface area is 116 Å². The van der Waals surface area contributed by atoms with Crippen LogP contribution in [-0.2, 0) is 12.0 Å². The van der Waals surface area contributed by atoms with Crippen LogP contribution >= 0.6 is 11.6 Å². The van der Waals surface area contributed by atoms with E-state index < -0.39 is 17.2 Å². The van der Waals surface area contributed by atoms with Crippen LogP contribution in [0.4, 0.5) is 8.78 Å². The molecule has 2 rings (SSSR count). The lowest BCUT2D eigenvalue weighted by atomic mass is 9.86. The van der Waals surface area contributed by atoms with E-state index in [0.29, 0.717) is 10.6 Å². The van der Waals surface area contributed by atoms with Crippen molar-refractivity contribution in [3.05, 3.63) is 70.2 Å². The van der Waals surface area contributed by atoms with Crippen molar-refractivity contribution in [3.8, 4) is 0 Å². The SMILES string of the molecule is CC(N)(Cc1ccc(F)cc1F)c1cccc(Cl)c1. The number of halogens is 3. The predicted octanol–water partition coefficient (Wildman–Crippen LogP) is 4.03. The van der Waals surface area contributed by atoms with E-state index in [1.165, 1.54) is 12.1 Å². The van der Waals surface area contributed by atoms with Crippen molar-refractivity contribution in [2.24, 2.45) is 5.73 Å². The summed E-state index contributed by atoms with van der Waals surface area (Å²) in [5.41, 5.74) is 6.64. The van der Waals surface area contributed by atoms with Crippen LogP contribution in [-0.4, -0.2) is 0 Å². The average Bonchev–Trinajstić information content (AvgIpc) is 2.33. The van der Waals surface area contributed by atoms with Gasteiger partial charge in [-0.05, 0) is 42.7 Å². The second kappa shape index (κ2) is 5.27. The molecule has 1 unspecified atom stereocenters. The van der Waals surface area contributed by atoms with Gasteiger partial charge >= 0.3 is 0 Å². The normalized spacial score (nSPS) is 14.2. The maximum Gasteiger partial charge on any atom is 0.129 e. The summed E-state index contributed by atoms with van der Waals surface area (Å²) in [5, 5.41) is 0.578. The maximum absolute atomic E-state index is 13.7. The van der Waals surface area contributed by atoms with Gasteiger partial charge in [-0.2, -0.15) is 0 Å². The minimum absolute atomic E-state index is 0.263. The Morgan fingerprint density at radius 3 is 2.53 bits per heavy atom. The highest BCUT2D eigenvalue weighted by Crippen LogP contribution is 2.26. The molecule has 0 bridgehead atoms. The molecule has 0 amide bonds. The van der Waals surface area contributed by atoms with Crippen molar-refractivity contribution in [2.75, 3.05) is 0 Å². The smallest absolute Gasteiger partial charge is 0.129 e. The van der Waals surface area contributed by atoms with Gasteiger partial charge in [-0.15, -0.1) is 0 Å². The molecule has 2 aromatic rings. The van der Waals surface area contributed by atoms with Crippen LogP contribution in [0, 0.1) is 11.6 Å². The molecule has 1 nitrogen and oxygen atoms in total. The molecule has 2 N–H and O–H groups in total. The van der Waals surface area contributed by atoms with Crippen molar-refractivity contribution in [1.82, 2.24) is 0 Å². The van der Waals surface area contributed by atoms with E-state index in [4.69, 9.17) is 17.3 Å². The first-order valence-corrected chi connectivity index (χ1v) is 6.25. The lowest BCUT2D eigenvalue weighted by Gasteiger charge is -2.26. The fraction of sp³-hybridized carbons (Fsp3) is 0.200. The van der Waals surface area contributed by atoms with E-state index in [1.807, 2.05) is 6.07 Å². The third-order valence-corrected chi connectivity index (χ3v) is 3.29. The summed E-state index contributed by atoms with van der Waals surface area (Å²) in [5.74, 6) is -1.18. The van der Waals surface area contributed by atoms with Crippen molar-refractivity contribution >= 4 is 11.6 Å². The summed E-state index contributed by atoms with van der Waals surface area (Å²) in [6.07, 6.45) is 0.263. The standard InChI is InChI=1S/C15H14ClF2N/c1-15(19,11-3-2-4-12(16)7-11)9-10-5-6-13(17)8-14(10)18/h2-8H,9,19H2,1H3. The average molecular weight is 282 g/mol. The quantitative estimate of drug-likeness (QED) is 0.903. The predicted molar refractivity (Wildman–Crippen MR) is 73.1 cm³/mol. The summed E-state index contributed by atoms with van der Waals surface area (Å²) in [6, 6.07) is 10.6. The molecule has 0 fully saturated rings. The second-order valence-corrected chi connectivity index (χ2v) is 5.28. The molecule has 0 aliphatic carbocycles. The number of benzene rings is 2. The van der Waals surface area contributed by atoms with Gasteiger partial charge in [-0.1, -0.05) is 29.8 Å². The highest BCUT2D eigenvalue weighted by atomic mass is 35.5. The zero-order valence-corrected chi connectivity index (χ0v) is 11.2. The van der Waals surface area contributed by atoms with E-state index in [-0.39, 0.29) is 6.42 Å². The second-order valence-electron chi connectivity index (χ2n) is 4.84. The molecule has 0 aromatic heterocycles. The van der Waals surface area contributed by atoms with Gasteiger partial charge in [-0.3, -0.25) is 0 Å². The van der Waals surface area contributed by atoms with E-state index in [0.717, 1.165) is 11.6 Å². The van der Waals surface area contributed by atoms with E-state index >= 15 is 0 Å². The fourth-order valence-corrected chi connectivity index (χ4v) is 2.20. The first-order chi connectivity index (χ1) is 8.88. The molecule has 1 atom stereocenters. The molecule has 0 saturated carbocycles. The number of hydrogen-bond donors (Lipinski definition) is 1. The molecule has 0 spiro atoms. The van der Waals surface area contributed by atoms with Crippen molar-refractivity contribution in [1.29, 1.82) is 0 Å². The van der Waals surface area contributed by atoms with E-state index in [2.05, 4.69) is 0 Å². The van der Waals surface area contributed by atoms with Crippen LogP contribution in [0.15, 0.2) is 42.5 Å². The van der Waals surface area contributed by atoms with Gasteiger partial charge in [0.15, 0.2) is 0 Å². The third-order valence-electron chi connectivity index (χ3n) is 3.06. The highest BCUT2D eigenvalue weighted by Gasteiger charge is 2.23. The fourth-order valence-electron chi connectivity index (χ4n) is 2.01. The molecular formula is C15H14ClF2N. The third kappa shape index (κ3) is 3.31.